The molecule has 16 heavy (non-hydrogen) atoms. The molecule has 0 radical (unpaired) electrons. The van der Waals surface area contributed by atoms with Crippen molar-refractivity contribution in [2.45, 2.75) is 13.3 Å². The Balaban J connectivity index is 2.34. The summed E-state index contributed by atoms with van der Waals surface area (Å²) in [4.78, 5) is 13.1. The quantitative estimate of drug-likeness (QED) is 0.442. The first-order valence-electron chi connectivity index (χ1n) is 4.98. The minimum absolute atomic E-state index is 0.195. The van der Waals surface area contributed by atoms with Gasteiger partial charge in [0, 0.05) is 10.0 Å². The van der Waals surface area contributed by atoms with Gasteiger partial charge in [-0.3, -0.25) is 0 Å². The fraction of sp³-hybridized carbons (Fsp3) is 0.364. The van der Waals surface area contributed by atoms with Crippen LogP contribution >= 0.6 is 0 Å². The Labute approximate surface area is 93.7 Å². The van der Waals surface area contributed by atoms with Crippen LogP contribution < -0.4 is 0 Å². The molecule has 0 aliphatic rings. The van der Waals surface area contributed by atoms with E-state index in [-0.39, 0.29) is 12.5 Å². The van der Waals surface area contributed by atoms with E-state index in [9.17, 15) is 4.79 Å². The van der Waals surface area contributed by atoms with E-state index in [0.717, 1.165) is 6.42 Å². The Morgan fingerprint density at radius 1 is 1.50 bits per heavy atom. The second-order valence-corrected chi connectivity index (χ2v) is 3.56. The minimum Gasteiger partial charge on any atom is -0.461 e. The van der Waals surface area contributed by atoms with E-state index in [2.05, 4.69) is 10.0 Å². The van der Waals surface area contributed by atoms with Gasteiger partial charge in [-0.25, -0.2) is 4.79 Å². The largest absolute Gasteiger partial charge is 0.461 e. The molecule has 1 aromatic carbocycles. The van der Waals surface area contributed by atoms with Crippen LogP contribution in [0.25, 0.3) is 10.4 Å². The Morgan fingerprint density at radius 2 is 2.19 bits per heavy atom. The highest BCUT2D eigenvalue weighted by Crippen LogP contribution is 2.08. The number of hydrogen-bond acceptors (Lipinski definition) is 2. The Kier molecular flexibility index (Phi) is 4.89. The van der Waals surface area contributed by atoms with E-state index in [1.54, 1.807) is 0 Å². The fourth-order valence-corrected chi connectivity index (χ4v) is 1.35. The van der Waals surface area contributed by atoms with Crippen LogP contribution in [-0.2, 0) is 11.2 Å². The van der Waals surface area contributed by atoms with Crippen molar-refractivity contribution in [2.24, 2.45) is 11.0 Å². The molecular formula is C11H13N3O2. The molecule has 1 amide bonds. The van der Waals surface area contributed by atoms with Crippen molar-refractivity contribution in [2.75, 3.05) is 6.61 Å². The standard InChI is InChI=1S/C11H13N3O2/c1-9(8-16-11(15)13-14-12)7-10-5-3-2-4-6-10/h2-6,9H,7-8H2,1H3/t9-/m0/s1. The summed E-state index contributed by atoms with van der Waals surface area (Å²) in [5.74, 6) is 0.195. The van der Waals surface area contributed by atoms with Crippen LogP contribution in [0.3, 0.4) is 0 Å². The molecule has 84 valence electrons. The average Bonchev–Trinajstić information content (AvgIpc) is 2.28. The predicted octanol–water partition coefficient (Wildman–Crippen LogP) is 3.31. The van der Waals surface area contributed by atoms with Crippen LogP contribution in [0.1, 0.15) is 12.5 Å². The van der Waals surface area contributed by atoms with E-state index in [1.807, 2.05) is 37.3 Å². The van der Waals surface area contributed by atoms with Crippen molar-refractivity contribution in [1.82, 2.24) is 0 Å². The summed E-state index contributed by atoms with van der Waals surface area (Å²) >= 11 is 0. The zero-order valence-electron chi connectivity index (χ0n) is 9.04. The SMILES string of the molecule is C[C@H](COC(=O)N=[N+]=[N-])Cc1ccccc1. The molecule has 0 aliphatic carbocycles. The second-order valence-electron chi connectivity index (χ2n) is 3.56. The van der Waals surface area contributed by atoms with Crippen LogP contribution in [-0.4, -0.2) is 12.7 Å². The summed E-state index contributed by atoms with van der Waals surface area (Å²) in [6, 6.07) is 9.93. The lowest BCUT2D eigenvalue weighted by Gasteiger charge is -2.10. The summed E-state index contributed by atoms with van der Waals surface area (Å²) in [7, 11) is 0. The maximum absolute atomic E-state index is 10.8. The van der Waals surface area contributed by atoms with Gasteiger partial charge < -0.3 is 4.74 Å². The third-order valence-electron chi connectivity index (χ3n) is 2.04. The topological polar surface area (TPSA) is 75.1 Å². The first kappa shape index (κ1) is 12.1. The number of azide groups is 1. The molecule has 0 aromatic heterocycles. The molecule has 5 nitrogen and oxygen atoms in total. The number of benzene rings is 1. The normalized spacial score (nSPS) is 11.3. The monoisotopic (exact) mass is 219 g/mol. The highest BCUT2D eigenvalue weighted by atomic mass is 16.5. The number of hydrogen-bond donors (Lipinski definition) is 0. The van der Waals surface area contributed by atoms with E-state index >= 15 is 0 Å². The van der Waals surface area contributed by atoms with Crippen LogP contribution in [0.4, 0.5) is 4.79 Å². The Hall–Kier alpha value is -2.00. The number of carbonyl (C=O) groups is 1. The van der Waals surface area contributed by atoms with Crippen molar-refractivity contribution in [3.8, 4) is 0 Å². The van der Waals surface area contributed by atoms with Gasteiger partial charge in [-0.2, -0.15) is 0 Å². The van der Waals surface area contributed by atoms with Crippen LogP contribution in [0.15, 0.2) is 35.4 Å². The van der Waals surface area contributed by atoms with Crippen molar-refractivity contribution in [1.29, 1.82) is 0 Å². The van der Waals surface area contributed by atoms with Crippen LogP contribution in [0.2, 0.25) is 0 Å². The van der Waals surface area contributed by atoms with Gasteiger partial charge in [0.2, 0.25) is 0 Å². The lowest BCUT2D eigenvalue weighted by molar-refractivity contribution is 0.139. The van der Waals surface area contributed by atoms with E-state index in [0.29, 0.717) is 0 Å². The van der Waals surface area contributed by atoms with Crippen LogP contribution in [0.5, 0.6) is 0 Å². The predicted molar refractivity (Wildman–Crippen MR) is 59.8 cm³/mol. The highest BCUT2D eigenvalue weighted by Gasteiger charge is 2.06. The molecule has 0 N–H and O–H groups in total. The summed E-state index contributed by atoms with van der Waals surface area (Å²) in [5.41, 5.74) is 9.18. The lowest BCUT2D eigenvalue weighted by Crippen LogP contribution is -2.11. The molecule has 0 aliphatic heterocycles. The summed E-state index contributed by atoms with van der Waals surface area (Å²) in [6.07, 6.45) is -0.0490. The number of ether oxygens (including phenoxy) is 1. The molecule has 5 heteroatoms. The number of carbonyl (C=O) groups excluding carboxylic acids is 1. The van der Waals surface area contributed by atoms with Crippen molar-refractivity contribution < 1.29 is 9.53 Å². The Morgan fingerprint density at radius 3 is 2.81 bits per heavy atom. The second kappa shape index (κ2) is 6.48. The van der Waals surface area contributed by atoms with E-state index < -0.39 is 6.09 Å². The highest BCUT2D eigenvalue weighted by molar-refractivity contribution is 5.67. The fourth-order valence-electron chi connectivity index (χ4n) is 1.35. The third-order valence-corrected chi connectivity index (χ3v) is 2.04. The maximum Gasteiger partial charge on any atom is 0.396 e. The van der Waals surface area contributed by atoms with Crippen molar-refractivity contribution in [3.63, 3.8) is 0 Å². The molecule has 0 heterocycles. The molecule has 1 rings (SSSR count). The van der Waals surface area contributed by atoms with Gasteiger partial charge in [-0.05, 0) is 23.4 Å². The molecule has 0 spiro atoms. The van der Waals surface area contributed by atoms with Gasteiger partial charge in [-0.15, -0.1) is 0 Å². The van der Waals surface area contributed by atoms with E-state index in [1.165, 1.54) is 5.56 Å². The molecule has 1 atom stereocenters. The molecular weight excluding hydrogens is 206 g/mol. The zero-order chi connectivity index (χ0) is 11.8. The maximum atomic E-state index is 10.8. The zero-order valence-corrected chi connectivity index (χ0v) is 9.04. The average molecular weight is 219 g/mol. The molecule has 0 saturated heterocycles. The molecule has 1 aromatic rings. The van der Waals surface area contributed by atoms with Gasteiger partial charge in [0.05, 0.1) is 6.61 Å². The van der Waals surface area contributed by atoms with Gasteiger partial charge in [0.15, 0.2) is 0 Å². The van der Waals surface area contributed by atoms with Gasteiger partial charge in [-0.1, -0.05) is 37.3 Å². The number of amides is 1. The summed E-state index contributed by atoms with van der Waals surface area (Å²) in [5, 5.41) is 2.82. The van der Waals surface area contributed by atoms with Gasteiger partial charge >= 0.3 is 6.09 Å². The minimum atomic E-state index is -0.873. The van der Waals surface area contributed by atoms with Crippen molar-refractivity contribution in [3.05, 3.63) is 46.3 Å². The van der Waals surface area contributed by atoms with Gasteiger partial charge in [0.25, 0.3) is 0 Å². The molecule has 0 fully saturated rings. The third kappa shape index (κ3) is 4.48. The summed E-state index contributed by atoms with van der Waals surface area (Å²) in [6.45, 7) is 2.23. The number of nitrogens with zero attached hydrogens (tertiary/aromatic N) is 3. The molecule has 0 bridgehead atoms. The first-order chi connectivity index (χ1) is 7.72. The van der Waals surface area contributed by atoms with Gasteiger partial charge in [0.1, 0.15) is 0 Å². The summed E-state index contributed by atoms with van der Waals surface area (Å²) < 4.78 is 4.76. The molecule has 0 unspecified atom stereocenters. The van der Waals surface area contributed by atoms with Crippen molar-refractivity contribution >= 4 is 6.09 Å². The van der Waals surface area contributed by atoms with E-state index in [4.69, 9.17) is 10.3 Å². The number of rotatable bonds is 4. The smallest absolute Gasteiger partial charge is 0.396 e. The lowest BCUT2D eigenvalue weighted by atomic mass is 10.0. The van der Waals surface area contributed by atoms with Crippen LogP contribution in [0, 0.1) is 5.92 Å². The Bertz CT molecular complexity index is 385. The molecule has 0 saturated carbocycles. The first-order valence-corrected chi connectivity index (χ1v) is 4.98.